The summed E-state index contributed by atoms with van der Waals surface area (Å²) in [6.45, 7) is 5.56. The Balaban J connectivity index is 1.19. The van der Waals surface area contributed by atoms with E-state index >= 15 is 0 Å². The lowest BCUT2D eigenvalue weighted by Gasteiger charge is -2.36. The van der Waals surface area contributed by atoms with E-state index in [-0.39, 0.29) is 11.5 Å². The van der Waals surface area contributed by atoms with E-state index in [1.165, 1.54) is 32.1 Å². The van der Waals surface area contributed by atoms with E-state index in [0.29, 0.717) is 23.8 Å². The van der Waals surface area contributed by atoms with Crippen LogP contribution in [0.1, 0.15) is 81.2 Å². The highest BCUT2D eigenvalue weighted by atomic mass is 16.2. The van der Waals surface area contributed by atoms with Crippen molar-refractivity contribution < 1.29 is 4.79 Å². The normalized spacial score (nSPS) is 27.6. The summed E-state index contributed by atoms with van der Waals surface area (Å²) in [6.07, 6.45) is 10.3. The number of fused-ring (bicyclic) bond motifs is 2. The zero-order chi connectivity index (χ0) is 21.8. The van der Waals surface area contributed by atoms with Gasteiger partial charge in [-0.05, 0) is 38.0 Å². The van der Waals surface area contributed by atoms with E-state index in [1.54, 1.807) is 4.52 Å². The number of carbonyl (C=O) groups is 1. The van der Waals surface area contributed by atoms with Crippen molar-refractivity contribution in [2.75, 3.05) is 19.6 Å². The summed E-state index contributed by atoms with van der Waals surface area (Å²) >= 11 is 0. The predicted octanol–water partition coefficient (Wildman–Crippen LogP) is 3.08. The minimum Gasteiger partial charge on any atom is -0.342 e. The van der Waals surface area contributed by atoms with Crippen molar-refractivity contribution in [3.8, 4) is 0 Å². The summed E-state index contributed by atoms with van der Waals surface area (Å²) in [7, 11) is 0. The SMILES string of the molecule is C[C@H]1C[C@@H]1C(=O)N1CCC(c2cc3nc4c(c(=O)n3[nH]2)CN(C2CCCCC2)CC4)CC1. The summed E-state index contributed by atoms with van der Waals surface area (Å²) in [6, 6.07) is 2.70. The molecule has 172 valence electrons. The number of aromatic amines is 1. The van der Waals surface area contributed by atoms with Gasteiger partial charge in [-0.1, -0.05) is 26.2 Å². The van der Waals surface area contributed by atoms with Gasteiger partial charge >= 0.3 is 0 Å². The Hall–Kier alpha value is -2.15. The summed E-state index contributed by atoms with van der Waals surface area (Å²) in [5.41, 5.74) is 3.79. The first-order valence-corrected chi connectivity index (χ1v) is 12.7. The largest absolute Gasteiger partial charge is 0.342 e. The zero-order valence-corrected chi connectivity index (χ0v) is 19.2. The van der Waals surface area contributed by atoms with E-state index in [4.69, 9.17) is 4.98 Å². The van der Waals surface area contributed by atoms with Crippen LogP contribution in [0.2, 0.25) is 0 Å². The van der Waals surface area contributed by atoms with Gasteiger partial charge in [0.05, 0.1) is 11.3 Å². The fourth-order valence-corrected chi connectivity index (χ4v) is 6.30. The first kappa shape index (κ1) is 20.5. The van der Waals surface area contributed by atoms with Gasteiger partial charge in [0, 0.05) is 62.2 Å². The molecule has 2 aromatic heterocycles. The van der Waals surface area contributed by atoms with Crippen molar-refractivity contribution >= 4 is 11.6 Å². The molecule has 2 aliphatic carbocycles. The molecule has 0 aromatic carbocycles. The molecule has 2 aliphatic heterocycles. The topological polar surface area (TPSA) is 73.7 Å². The van der Waals surface area contributed by atoms with E-state index in [9.17, 15) is 9.59 Å². The maximum Gasteiger partial charge on any atom is 0.277 e. The minimum atomic E-state index is 0.0760. The maximum atomic E-state index is 13.4. The van der Waals surface area contributed by atoms with Gasteiger partial charge in [-0.2, -0.15) is 0 Å². The molecule has 0 spiro atoms. The van der Waals surface area contributed by atoms with Crippen molar-refractivity contribution in [3.63, 3.8) is 0 Å². The minimum absolute atomic E-state index is 0.0760. The van der Waals surface area contributed by atoms with Crippen LogP contribution in [-0.2, 0) is 17.8 Å². The van der Waals surface area contributed by atoms with Crippen LogP contribution in [0.3, 0.4) is 0 Å². The highest BCUT2D eigenvalue weighted by Gasteiger charge is 2.42. The average molecular weight is 438 g/mol. The first-order chi connectivity index (χ1) is 15.6. The number of H-pyrrole nitrogens is 1. The molecule has 7 heteroatoms. The maximum absolute atomic E-state index is 13.4. The van der Waals surface area contributed by atoms with Crippen LogP contribution in [-0.4, -0.2) is 56.0 Å². The molecule has 32 heavy (non-hydrogen) atoms. The van der Waals surface area contributed by atoms with E-state index in [1.807, 2.05) is 0 Å². The second-order valence-corrected chi connectivity index (χ2v) is 10.7. The number of amides is 1. The molecule has 7 nitrogen and oxygen atoms in total. The Bertz CT molecular complexity index is 1070. The summed E-state index contributed by atoms with van der Waals surface area (Å²) in [4.78, 5) is 35.4. The molecule has 6 rings (SSSR count). The third-order valence-electron chi connectivity index (χ3n) is 8.57. The summed E-state index contributed by atoms with van der Waals surface area (Å²) in [5.74, 6) is 1.53. The Morgan fingerprint density at radius 1 is 1.09 bits per heavy atom. The molecule has 1 amide bonds. The third-order valence-corrected chi connectivity index (χ3v) is 8.57. The molecule has 0 unspecified atom stereocenters. The first-order valence-electron chi connectivity index (χ1n) is 12.7. The highest BCUT2D eigenvalue weighted by Crippen LogP contribution is 2.40. The number of nitrogens with zero attached hydrogens (tertiary/aromatic N) is 4. The summed E-state index contributed by atoms with van der Waals surface area (Å²) < 4.78 is 1.67. The standard InChI is InChI=1S/C25H35N5O2/c1-16-13-19(16)24(31)28-10-7-17(8-11-28)22-14-23-26-21-9-12-29(18-5-3-2-4-6-18)15-20(21)25(32)30(23)27-22/h14,16-19,27H,2-13,15H2,1H3/t16-,19-/m0/s1. The number of nitrogens with one attached hydrogen (secondary N) is 1. The van der Waals surface area contributed by atoms with Gasteiger partial charge in [-0.15, -0.1) is 0 Å². The Labute approximate surface area is 189 Å². The Kier molecular flexibility index (Phi) is 5.12. The molecule has 2 saturated carbocycles. The van der Waals surface area contributed by atoms with E-state index in [2.05, 4.69) is 27.9 Å². The number of carbonyl (C=O) groups excluding carboxylic acids is 1. The van der Waals surface area contributed by atoms with Crippen LogP contribution in [0.15, 0.2) is 10.9 Å². The molecule has 0 radical (unpaired) electrons. The third kappa shape index (κ3) is 3.58. The number of likely N-dealkylation sites (tertiary alicyclic amines) is 1. The summed E-state index contributed by atoms with van der Waals surface area (Å²) in [5, 5.41) is 3.38. The quantitative estimate of drug-likeness (QED) is 0.801. The Morgan fingerprint density at radius 3 is 2.56 bits per heavy atom. The fraction of sp³-hybridized carbons (Fsp3) is 0.720. The molecule has 4 heterocycles. The smallest absolute Gasteiger partial charge is 0.277 e. The molecular formula is C25H35N5O2. The number of hydrogen-bond acceptors (Lipinski definition) is 4. The molecule has 2 aromatic rings. The molecule has 3 fully saturated rings. The van der Waals surface area contributed by atoms with Crippen LogP contribution in [0.5, 0.6) is 0 Å². The van der Waals surface area contributed by atoms with Gasteiger partial charge in [0.1, 0.15) is 0 Å². The number of hydrogen-bond donors (Lipinski definition) is 1. The predicted molar refractivity (Wildman–Crippen MR) is 123 cm³/mol. The van der Waals surface area contributed by atoms with Crippen molar-refractivity contribution in [2.45, 2.75) is 83.2 Å². The lowest BCUT2D eigenvalue weighted by Crippen LogP contribution is -2.43. The number of aromatic nitrogens is 3. The molecule has 1 saturated heterocycles. The second-order valence-electron chi connectivity index (χ2n) is 10.7. The second kappa shape index (κ2) is 8.01. The van der Waals surface area contributed by atoms with Crippen LogP contribution in [0, 0.1) is 11.8 Å². The van der Waals surface area contributed by atoms with Crippen molar-refractivity contribution in [2.24, 2.45) is 11.8 Å². The molecule has 4 aliphatic rings. The van der Waals surface area contributed by atoms with E-state index in [0.717, 1.165) is 74.5 Å². The van der Waals surface area contributed by atoms with Crippen molar-refractivity contribution in [1.82, 2.24) is 24.4 Å². The zero-order valence-electron chi connectivity index (χ0n) is 19.2. The lowest BCUT2D eigenvalue weighted by atomic mass is 9.92. The monoisotopic (exact) mass is 437 g/mol. The fourth-order valence-electron chi connectivity index (χ4n) is 6.30. The highest BCUT2D eigenvalue weighted by molar-refractivity contribution is 5.81. The number of piperidine rings is 1. The molecule has 0 bridgehead atoms. The van der Waals surface area contributed by atoms with Gasteiger partial charge in [-0.3, -0.25) is 19.6 Å². The van der Waals surface area contributed by atoms with Gasteiger partial charge in [0.2, 0.25) is 5.91 Å². The van der Waals surface area contributed by atoms with Crippen LogP contribution < -0.4 is 5.56 Å². The van der Waals surface area contributed by atoms with Crippen molar-refractivity contribution in [3.05, 3.63) is 33.4 Å². The van der Waals surface area contributed by atoms with Crippen LogP contribution >= 0.6 is 0 Å². The van der Waals surface area contributed by atoms with Gasteiger partial charge in [0.15, 0.2) is 5.65 Å². The average Bonchev–Trinajstić information content (AvgIpc) is 3.41. The van der Waals surface area contributed by atoms with Crippen molar-refractivity contribution in [1.29, 1.82) is 0 Å². The number of rotatable bonds is 3. The van der Waals surface area contributed by atoms with Crippen LogP contribution in [0.25, 0.3) is 5.65 Å². The van der Waals surface area contributed by atoms with Gasteiger partial charge in [0.25, 0.3) is 5.56 Å². The molecule has 2 atom stereocenters. The van der Waals surface area contributed by atoms with E-state index < -0.39 is 0 Å². The molecular weight excluding hydrogens is 402 g/mol. The lowest BCUT2D eigenvalue weighted by molar-refractivity contribution is -0.133. The van der Waals surface area contributed by atoms with Gasteiger partial charge in [-0.25, -0.2) is 9.50 Å². The Morgan fingerprint density at radius 2 is 1.84 bits per heavy atom. The molecule has 1 N–H and O–H groups in total. The van der Waals surface area contributed by atoms with Crippen LogP contribution in [0.4, 0.5) is 0 Å². The van der Waals surface area contributed by atoms with Gasteiger partial charge < -0.3 is 4.90 Å².